The van der Waals surface area contributed by atoms with E-state index in [9.17, 15) is 14.7 Å². The van der Waals surface area contributed by atoms with Crippen molar-refractivity contribution in [1.82, 2.24) is 20.0 Å². The van der Waals surface area contributed by atoms with Crippen LogP contribution in [0.3, 0.4) is 0 Å². The number of fused-ring (bicyclic) bond motifs is 1. The fourth-order valence-corrected chi connectivity index (χ4v) is 5.22. The zero-order chi connectivity index (χ0) is 26.6. The van der Waals surface area contributed by atoms with Crippen molar-refractivity contribution in [3.8, 4) is 11.8 Å². The van der Waals surface area contributed by atoms with Gasteiger partial charge in [-0.25, -0.2) is 0 Å². The van der Waals surface area contributed by atoms with Gasteiger partial charge in [-0.3, -0.25) is 19.2 Å². The van der Waals surface area contributed by atoms with Crippen LogP contribution in [-0.2, 0) is 24.9 Å². The number of hydrogen-bond donors (Lipinski definition) is 2. The molecule has 2 fully saturated rings. The van der Waals surface area contributed by atoms with Gasteiger partial charge in [0.25, 0.3) is 5.91 Å². The number of aliphatic hydroxyl groups excluding tert-OH is 1. The lowest BCUT2D eigenvalue weighted by Gasteiger charge is -2.26. The Hall–Kier alpha value is -3.22. The second-order valence-electron chi connectivity index (χ2n) is 9.91. The summed E-state index contributed by atoms with van der Waals surface area (Å²) in [6.07, 6.45) is 2.14. The third-order valence-corrected chi connectivity index (χ3v) is 7.42. The first-order valence-corrected chi connectivity index (χ1v) is 13.3. The molecule has 2 unspecified atom stereocenters. The minimum atomic E-state index is -0.539. The topological polar surface area (TPSA) is 96.7 Å². The van der Waals surface area contributed by atoms with Crippen LogP contribution in [0.5, 0.6) is 0 Å². The minimum Gasteiger partial charge on any atom is -0.392 e. The van der Waals surface area contributed by atoms with Crippen LogP contribution >= 0.6 is 11.6 Å². The highest BCUT2D eigenvalue weighted by atomic mass is 35.5. The summed E-state index contributed by atoms with van der Waals surface area (Å²) in [5.41, 5.74) is 2.45. The molecule has 1 aliphatic heterocycles. The van der Waals surface area contributed by atoms with Gasteiger partial charge in [0.15, 0.2) is 5.69 Å². The Balaban J connectivity index is 1.52. The van der Waals surface area contributed by atoms with E-state index in [4.69, 9.17) is 16.3 Å². The standard InChI is InChI=1S/C29H31ClN4O4/c1-33-27-22(8-7-21-3-2-4-25(21)35)15-20(18-34-11-13-38-14-12-34)16-24(27)28(36)26(32-33)29(37)31-17-19-5-9-23(30)10-6-19/h5-6,9-10,15-16,21,25,35H,2-4,11-14,17-18H2,1H3,(H,31,37). The fourth-order valence-electron chi connectivity index (χ4n) is 5.09. The number of halogens is 1. The predicted molar refractivity (Wildman–Crippen MR) is 146 cm³/mol. The van der Waals surface area contributed by atoms with Gasteiger partial charge in [-0.15, -0.1) is 0 Å². The quantitative estimate of drug-likeness (QED) is 0.489. The molecule has 5 rings (SSSR count). The molecule has 0 radical (unpaired) electrons. The molecule has 1 aliphatic carbocycles. The molecular weight excluding hydrogens is 504 g/mol. The zero-order valence-corrected chi connectivity index (χ0v) is 22.1. The second kappa shape index (κ2) is 11.7. The molecule has 2 atom stereocenters. The maximum Gasteiger partial charge on any atom is 0.276 e. The van der Waals surface area contributed by atoms with E-state index in [0.717, 1.165) is 43.5 Å². The Morgan fingerprint density at radius 1 is 1.18 bits per heavy atom. The van der Waals surface area contributed by atoms with Gasteiger partial charge < -0.3 is 15.2 Å². The van der Waals surface area contributed by atoms with Crippen molar-refractivity contribution in [3.05, 3.63) is 74.0 Å². The number of nitrogens with zero attached hydrogens (tertiary/aromatic N) is 3. The van der Waals surface area contributed by atoms with Crippen molar-refractivity contribution >= 4 is 28.4 Å². The Morgan fingerprint density at radius 2 is 1.95 bits per heavy atom. The number of aryl methyl sites for hydroxylation is 1. The molecule has 3 aromatic rings. The number of nitrogens with one attached hydrogen (secondary N) is 1. The van der Waals surface area contributed by atoms with Crippen LogP contribution < -0.4 is 10.7 Å². The molecule has 1 saturated carbocycles. The largest absolute Gasteiger partial charge is 0.392 e. The maximum absolute atomic E-state index is 13.6. The van der Waals surface area contributed by atoms with Crippen LogP contribution in [0.2, 0.25) is 5.02 Å². The van der Waals surface area contributed by atoms with Crippen molar-refractivity contribution in [1.29, 1.82) is 0 Å². The van der Waals surface area contributed by atoms with Gasteiger partial charge in [-0.05, 0) is 54.7 Å². The molecule has 38 heavy (non-hydrogen) atoms. The Bertz CT molecular complexity index is 1450. The van der Waals surface area contributed by atoms with Crippen LogP contribution in [0.25, 0.3) is 10.9 Å². The average Bonchev–Trinajstić information content (AvgIpc) is 3.33. The van der Waals surface area contributed by atoms with Gasteiger partial charge in [0.05, 0.1) is 35.8 Å². The van der Waals surface area contributed by atoms with Gasteiger partial charge in [-0.2, -0.15) is 5.10 Å². The molecule has 0 spiro atoms. The molecule has 2 heterocycles. The van der Waals surface area contributed by atoms with E-state index < -0.39 is 17.4 Å². The maximum atomic E-state index is 13.6. The van der Waals surface area contributed by atoms with Crippen LogP contribution in [-0.4, -0.2) is 58.1 Å². The second-order valence-corrected chi connectivity index (χ2v) is 10.3. The number of benzene rings is 2. The van der Waals surface area contributed by atoms with E-state index in [2.05, 4.69) is 27.2 Å². The van der Waals surface area contributed by atoms with Crippen LogP contribution in [0.4, 0.5) is 0 Å². The van der Waals surface area contributed by atoms with Crippen molar-refractivity contribution in [2.45, 2.75) is 38.5 Å². The number of aliphatic hydroxyl groups is 1. The lowest BCUT2D eigenvalue weighted by atomic mass is 10.0. The number of carbonyl (C=O) groups is 1. The molecule has 0 bridgehead atoms. The summed E-state index contributed by atoms with van der Waals surface area (Å²) in [7, 11) is 1.72. The van der Waals surface area contributed by atoms with Crippen LogP contribution in [0.15, 0.2) is 41.2 Å². The summed E-state index contributed by atoms with van der Waals surface area (Å²) >= 11 is 5.94. The lowest BCUT2D eigenvalue weighted by Crippen LogP contribution is -2.35. The first-order valence-electron chi connectivity index (χ1n) is 13.0. The fraction of sp³-hybridized carbons (Fsp3) is 0.414. The first-order chi connectivity index (χ1) is 18.4. The number of rotatable bonds is 5. The molecule has 1 amide bonds. The van der Waals surface area contributed by atoms with Crippen molar-refractivity contribution in [2.75, 3.05) is 26.3 Å². The number of carbonyl (C=O) groups excluding carboxylic acids is 1. The number of ether oxygens (including phenoxy) is 1. The summed E-state index contributed by atoms with van der Waals surface area (Å²) in [6.45, 7) is 3.84. The van der Waals surface area contributed by atoms with E-state index >= 15 is 0 Å². The average molecular weight is 535 g/mol. The molecule has 198 valence electrons. The van der Waals surface area contributed by atoms with E-state index in [1.807, 2.05) is 24.3 Å². The molecule has 1 aromatic heterocycles. The molecule has 2 N–H and O–H groups in total. The third kappa shape index (κ3) is 5.92. The molecule has 2 aliphatic rings. The van der Waals surface area contributed by atoms with Gasteiger partial charge in [0.2, 0.25) is 5.43 Å². The highest BCUT2D eigenvalue weighted by molar-refractivity contribution is 6.30. The minimum absolute atomic E-state index is 0.0872. The Morgan fingerprint density at radius 3 is 2.66 bits per heavy atom. The van der Waals surface area contributed by atoms with Crippen molar-refractivity contribution in [3.63, 3.8) is 0 Å². The predicted octanol–water partition coefficient (Wildman–Crippen LogP) is 2.86. The molecule has 2 aromatic carbocycles. The highest BCUT2D eigenvalue weighted by Gasteiger charge is 2.24. The Kier molecular flexibility index (Phi) is 8.10. The Labute approximate surface area is 226 Å². The van der Waals surface area contributed by atoms with E-state index in [1.54, 1.807) is 23.9 Å². The molecule has 1 saturated heterocycles. The highest BCUT2D eigenvalue weighted by Crippen LogP contribution is 2.25. The molecular formula is C29H31ClN4O4. The summed E-state index contributed by atoms with van der Waals surface area (Å²) in [5.74, 6) is 5.85. The van der Waals surface area contributed by atoms with Crippen LogP contribution in [0, 0.1) is 17.8 Å². The summed E-state index contributed by atoms with van der Waals surface area (Å²) in [6, 6.07) is 11.0. The van der Waals surface area contributed by atoms with Crippen molar-refractivity contribution < 1.29 is 14.6 Å². The van der Waals surface area contributed by atoms with Crippen molar-refractivity contribution in [2.24, 2.45) is 13.0 Å². The number of morpholine rings is 1. The van der Waals surface area contributed by atoms with Gasteiger partial charge in [-0.1, -0.05) is 35.6 Å². The lowest BCUT2D eigenvalue weighted by molar-refractivity contribution is 0.0342. The van der Waals surface area contributed by atoms with E-state index in [0.29, 0.717) is 41.2 Å². The van der Waals surface area contributed by atoms with Gasteiger partial charge in [0.1, 0.15) is 0 Å². The third-order valence-electron chi connectivity index (χ3n) is 7.17. The molecule has 9 heteroatoms. The number of hydrogen-bond acceptors (Lipinski definition) is 6. The molecule has 8 nitrogen and oxygen atoms in total. The summed E-state index contributed by atoms with van der Waals surface area (Å²) in [4.78, 5) is 28.9. The SMILES string of the molecule is Cn1nc(C(=O)NCc2ccc(Cl)cc2)c(=O)c2cc(CN3CCOCC3)cc(C#CC3CCCC3O)c21. The van der Waals surface area contributed by atoms with E-state index in [-0.39, 0.29) is 18.2 Å². The van der Waals surface area contributed by atoms with Crippen LogP contribution in [0.1, 0.15) is 46.4 Å². The van der Waals surface area contributed by atoms with Gasteiger partial charge >= 0.3 is 0 Å². The first kappa shape index (κ1) is 26.4. The smallest absolute Gasteiger partial charge is 0.276 e. The zero-order valence-electron chi connectivity index (χ0n) is 21.4. The number of amides is 1. The van der Waals surface area contributed by atoms with Gasteiger partial charge in [0, 0.05) is 44.2 Å². The normalized spacial score (nSPS) is 19.8. The number of aromatic nitrogens is 2. The van der Waals surface area contributed by atoms with E-state index in [1.165, 1.54) is 0 Å². The summed E-state index contributed by atoms with van der Waals surface area (Å²) in [5, 5.41) is 18.4. The monoisotopic (exact) mass is 534 g/mol. The summed E-state index contributed by atoms with van der Waals surface area (Å²) < 4.78 is 7.03.